The lowest BCUT2D eigenvalue weighted by Crippen LogP contribution is -2.43. The number of aromatic nitrogens is 2. The van der Waals surface area contributed by atoms with Crippen molar-refractivity contribution in [2.75, 3.05) is 13.7 Å². The van der Waals surface area contributed by atoms with E-state index in [1.54, 1.807) is 42.5 Å². The number of rotatable bonds is 8. The maximum Gasteiger partial charge on any atom is 0.290 e. The molecule has 0 radical (unpaired) electrons. The molecule has 2 amide bonds. The fraction of sp³-hybridized carbons (Fsp3) is 0.154. The van der Waals surface area contributed by atoms with Crippen molar-refractivity contribution in [3.63, 3.8) is 0 Å². The number of carbonyl (C=O) groups excluding carboxylic acids is 2. The molecule has 0 saturated carbocycles. The predicted molar refractivity (Wildman–Crippen MR) is 130 cm³/mol. The van der Waals surface area contributed by atoms with Crippen molar-refractivity contribution < 1.29 is 19.1 Å². The zero-order valence-corrected chi connectivity index (χ0v) is 19.1. The van der Waals surface area contributed by atoms with Crippen LogP contribution in [0.2, 0.25) is 0 Å². The minimum atomic E-state index is -0.637. The van der Waals surface area contributed by atoms with Gasteiger partial charge in [-0.2, -0.15) is 5.10 Å². The first-order valence-electron chi connectivity index (χ1n) is 11.0. The van der Waals surface area contributed by atoms with Crippen LogP contribution in [0.3, 0.4) is 0 Å². The Labute approximate surface area is 201 Å². The lowest BCUT2D eigenvalue weighted by molar-refractivity contribution is -0.122. The van der Waals surface area contributed by atoms with Gasteiger partial charge in [-0.3, -0.25) is 25.2 Å². The van der Waals surface area contributed by atoms with Gasteiger partial charge in [0.2, 0.25) is 5.91 Å². The van der Waals surface area contributed by atoms with Crippen LogP contribution in [-0.4, -0.2) is 35.3 Å². The summed E-state index contributed by atoms with van der Waals surface area (Å²) in [7, 11) is 1.53. The molecule has 4 aromatic rings. The van der Waals surface area contributed by atoms with Gasteiger partial charge >= 0.3 is 0 Å². The van der Waals surface area contributed by atoms with Crippen LogP contribution in [-0.2, 0) is 11.3 Å². The van der Waals surface area contributed by atoms with Crippen LogP contribution in [0.15, 0.2) is 83.7 Å². The zero-order valence-electron chi connectivity index (χ0n) is 19.1. The van der Waals surface area contributed by atoms with Crippen molar-refractivity contribution in [3.8, 4) is 11.5 Å². The van der Waals surface area contributed by atoms with Crippen LogP contribution in [0.25, 0.3) is 10.8 Å². The molecular formula is C26H24N4O5. The van der Waals surface area contributed by atoms with Gasteiger partial charge in [0.25, 0.3) is 11.5 Å². The van der Waals surface area contributed by atoms with E-state index in [2.05, 4.69) is 16.0 Å². The summed E-state index contributed by atoms with van der Waals surface area (Å²) < 4.78 is 12.0. The highest BCUT2D eigenvalue weighted by Gasteiger charge is 2.17. The molecule has 2 N–H and O–H groups in total. The first-order chi connectivity index (χ1) is 17.1. The smallest absolute Gasteiger partial charge is 0.290 e. The third-order valence-corrected chi connectivity index (χ3v) is 5.23. The second-order valence-electron chi connectivity index (χ2n) is 7.59. The number of hydrogen-bond acceptors (Lipinski definition) is 6. The molecule has 35 heavy (non-hydrogen) atoms. The van der Waals surface area contributed by atoms with Gasteiger partial charge in [-0.25, -0.2) is 4.68 Å². The fourth-order valence-electron chi connectivity index (χ4n) is 3.51. The number of para-hydroxylation sites is 2. The molecule has 0 aliphatic heterocycles. The van der Waals surface area contributed by atoms with Gasteiger partial charge in [-0.05, 0) is 23.8 Å². The third kappa shape index (κ3) is 5.64. The molecule has 0 aliphatic rings. The average Bonchev–Trinajstić information content (AvgIpc) is 2.90. The van der Waals surface area contributed by atoms with Crippen molar-refractivity contribution in [1.82, 2.24) is 20.6 Å². The Balaban J connectivity index is 1.44. The van der Waals surface area contributed by atoms with Crippen molar-refractivity contribution in [2.24, 2.45) is 0 Å². The lowest BCUT2D eigenvalue weighted by atomic mass is 10.1. The van der Waals surface area contributed by atoms with E-state index in [1.165, 1.54) is 11.8 Å². The Morgan fingerprint density at radius 2 is 1.51 bits per heavy atom. The van der Waals surface area contributed by atoms with Crippen LogP contribution in [0.1, 0.15) is 22.5 Å². The highest BCUT2D eigenvalue weighted by molar-refractivity contribution is 6.05. The summed E-state index contributed by atoms with van der Waals surface area (Å²) in [6, 6.07) is 23.2. The molecule has 0 bridgehead atoms. The summed E-state index contributed by atoms with van der Waals surface area (Å²) in [6.07, 6.45) is 0.00000977. The van der Waals surface area contributed by atoms with Crippen LogP contribution in [0.4, 0.5) is 0 Å². The Kier molecular flexibility index (Phi) is 7.37. The molecular weight excluding hydrogens is 448 g/mol. The van der Waals surface area contributed by atoms with Gasteiger partial charge in [0.1, 0.15) is 0 Å². The number of fused-ring (bicyclic) bond motifs is 1. The molecule has 178 valence electrons. The summed E-state index contributed by atoms with van der Waals surface area (Å²) in [5, 5.41) is 5.05. The van der Waals surface area contributed by atoms with Gasteiger partial charge in [0.15, 0.2) is 17.2 Å². The van der Waals surface area contributed by atoms with E-state index in [1.807, 2.05) is 36.4 Å². The standard InChI is InChI=1S/C26H24N4O5/c1-34-21-13-7-8-14-22(21)35-16-15-23(31)27-28-25(32)24-19-11-5-6-12-20(19)26(33)30(29-24)17-18-9-3-2-4-10-18/h2-14H,15-17H2,1H3,(H,27,31)(H,28,32). The molecule has 9 nitrogen and oxygen atoms in total. The largest absolute Gasteiger partial charge is 0.493 e. The van der Waals surface area contributed by atoms with E-state index < -0.39 is 11.8 Å². The Morgan fingerprint density at radius 1 is 0.857 bits per heavy atom. The molecule has 9 heteroatoms. The molecule has 0 aliphatic carbocycles. The number of methoxy groups -OCH3 is 1. The number of amides is 2. The quantitative estimate of drug-likeness (QED) is 0.382. The van der Waals surface area contributed by atoms with Gasteiger partial charge in [0, 0.05) is 5.39 Å². The van der Waals surface area contributed by atoms with Gasteiger partial charge in [-0.15, -0.1) is 0 Å². The fourth-order valence-corrected chi connectivity index (χ4v) is 3.51. The summed E-state index contributed by atoms with van der Waals surface area (Å²) in [4.78, 5) is 38.1. The monoisotopic (exact) mass is 472 g/mol. The molecule has 0 unspecified atom stereocenters. The first-order valence-corrected chi connectivity index (χ1v) is 11.0. The molecule has 0 fully saturated rings. The molecule has 0 spiro atoms. The van der Waals surface area contributed by atoms with Crippen molar-refractivity contribution in [2.45, 2.75) is 13.0 Å². The molecule has 4 rings (SSSR count). The molecule has 3 aromatic carbocycles. The van der Waals surface area contributed by atoms with Gasteiger partial charge < -0.3 is 9.47 Å². The van der Waals surface area contributed by atoms with E-state index in [9.17, 15) is 14.4 Å². The van der Waals surface area contributed by atoms with Crippen molar-refractivity contribution in [1.29, 1.82) is 0 Å². The summed E-state index contributed by atoms with van der Waals surface area (Å²) >= 11 is 0. The number of hydrogen-bond donors (Lipinski definition) is 2. The third-order valence-electron chi connectivity index (χ3n) is 5.23. The van der Waals surface area contributed by atoms with E-state index in [-0.39, 0.29) is 30.8 Å². The zero-order chi connectivity index (χ0) is 24.6. The molecule has 1 heterocycles. The minimum absolute atomic E-state index is 0.00000977. The summed E-state index contributed by atoms with van der Waals surface area (Å²) in [6.45, 7) is 0.294. The minimum Gasteiger partial charge on any atom is -0.493 e. The lowest BCUT2D eigenvalue weighted by Gasteiger charge is -2.12. The van der Waals surface area contributed by atoms with Crippen LogP contribution in [0.5, 0.6) is 11.5 Å². The first kappa shape index (κ1) is 23.5. The number of benzene rings is 3. The number of carbonyl (C=O) groups is 2. The Hall–Kier alpha value is -4.66. The second kappa shape index (κ2) is 11.0. The summed E-state index contributed by atoms with van der Waals surface area (Å²) in [5.74, 6) is -0.00913. The van der Waals surface area contributed by atoms with Crippen LogP contribution in [0, 0.1) is 0 Å². The number of nitrogens with one attached hydrogen (secondary N) is 2. The topological polar surface area (TPSA) is 112 Å². The van der Waals surface area contributed by atoms with E-state index in [0.717, 1.165) is 5.56 Å². The van der Waals surface area contributed by atoms with Crippen molar-refractivity contribution >= 4 is 22.6 Å². The Bertz CT molecular complexity index is 1400. The highest BCUT2D eigenvalue weighted by atomic mass is 16.5. The van der Waals surface area contributed by atoms with Crippen molar-refractivity contribution in [3.05, 3.63) is 100 Å². The maximum atomic E-state index is 12.9. The summed E-state index contributed by atoms with van der Waals surface area (Å²) in [5.41, 5.74) is 5.33. The second-order valence-corrected chi connectivity index (χ2v) is 7.59. The normalized spacial score (nSPS) is 10.5. The molecule has 1 aromatic heterocycles. The van der Waals surface area contributed by atoms with Gasteiger partial charge in [-0.1, -0.05) is 60.7 Å². The highest BCUT2D eigenvalue weighted by Crippen LogP contribution is 2.25. The number of nitrogens with zero attached hydrogens (tertiary/aromatic N) is 2. The Morgan fingerprint density at radius 3 is 2.26 bits per heavy atom. The molecule has 0 atom stereocenters. The van der Waals surface area contributed by atoms with Crippen LogP contribution < -0.4 is 25.9 Å². The number of hydrazine groups is 1. The van der Waals surface area contributed by atoms with Gasteiger partial charge in [0.05, 0.1) is 32.1 Å². The predicted octanol–water partition coefficient (Wildman–Crippen LogP) is 2.68. The van der Waals surface area contributed by atoms with E-state index >= 15 is 0 Å². The van der Waals surface area contributed by atoms with Crippen LogP contribution >= 0.6 is 0 Å². The SMILES string of the molecule is COc1ccccc1OCCC(=O)NNC(=O)c1nn(Cc2ccccc2)c(=O)c2ccccc12. The molecule has 0 saturated heterocycles. The van der Waals surface area contributed by atoms with E-state index in [4.69, 9.17) is 9.47 Å². The van der Waals surface area contributed by atoms with E-state index in [0.29, 0.717) is 22.3 Å². The number of ether oxygens (including phenoxy) is 2. The maximum absolute atomic E-state index is 12.9. The average molecular weight is 473 g/mol.